The molecule has 26 heavy (non-hydrogen) atoms. The molecule has 1 atom stereocenters. The summed E-state index contributed by atoms with van der Waals surface area (Å²) in [6, 6.07) is 7.86. The Balaban J connectivity index is 1.67. The highest BCUT2D eigenvalue weighted by atomic mass is 32.2. The summed E-state index contributed by atoms with van der Waals surface area (Å²) in [5, 5.41) is 0. The lowest BCUT2D eigenvalue weighted by molar-refractivity contribution is -0.119. The second-order valence-electron chi connectivity index (χ2n) is 7.00. The van der Waals surface area contributed by atoms with Crippen LogP contribution in [0, 0.1) is 0 Å². The van der Waals surface area contributed by atoms with Gasteiger partial charge in [-0.15, -0.1) is 0 Å². The normalized spacial score (nSPS) is 21.2. The molecule has 8 heteroatoms. The van der Waals surface area contributed by atoms with Gasteiger partial charge < -0.3 is 9.64 Å². The summed E-state index contributed by atoms with van der Waals surface area (Å²) in [4.78, 5) is 16.8. The van der Waals surface area contributed by atoms with Crippen LogP contribution in [-0.4, -0.2) is 81.8 Å². The van der Waals surface area contributed by atoms with Gasteiger partial charge in [-0.05, 0) is 25.0 Å². The fourth-order valence-electron chi connectivity index (χ4n) is 3.61. The third-order valence-electron chi connectivity index (χ3n) is 5.03. The summed E-state index contributed by atoms with van der Waals surface area (Å²) in [6.45, 7) is 5.71. The second kappa shape index (κ2) is 8.04. The predicted octanol–water partition coefficient (Wildman–Crippen LogP) is 0.558. The van der Waals surface area contributed by atoms with Crippen LogP contribution in [-0.2, 0) is 26.0 Å². The number of rotatable bonds is 6. The van der Waals surface area contributed by atoms with Crippen molar-refractivity contribution in [2.24, 2.45) is 0 Å². The van der Waals surface area contributed by atoms with Crippen LogP contribution in [0.3, 0.4) is 0 Å². The van der Waals surface area contributed by atoms with E-state index in [1.54, 1.807) is 4.90 Å². The molecule has 7 nitrogen and oxygen atoms in total. The van der Waals surface area contributed by atoms with Crippen LogP contribution < -0.4 is 4.90 Å². The molecular weight excluding hydrogens is 354 g/mol. The van der Waals surface area contributed by atoms with Crippen LogP contribution in [0.2, 0.25) is 0 Å². The molecule has 0 spiro atoms. The topological polar surface area (TPSA) is 70.2 Å². The van der Waals surface area contributed by atoms with Crippen LogP contribution in [0.1, 0.15) is 12.5 Å². The van der Waals surface area contributed by atoms with Crippen LogP contribution in [0.4, 0.5) is 5.69 Å². The van der Waals surface area contributed by atoms with Gasteiger partial charge in [-0.25, -0.2) is 8.42 Å². The standard InChI is InChI=1S/C18H27N3O4S/c1-15-13-16-5-3-4-6-17(16)21(15)18(22)14-20(26(2,23)24)8-7-19-9-11-25-12-10-19/h3-6,15H,7-14H2,1-2H3. The average Bonchev–Trinajstić information content (AvgIpc) is 2.94. The van der Waals surface area contributed by atoms with Crippen molar-refractivity contribution in [2.75, 3.05) is 57.1 Å². The number of carbonyl (C=O) groups is 1. The number of ether oxygens (including phenoxy) is 1. The number of hydrogen-bond donors (Lipinski definition) is 0. The first-order chi connectivity index (χ1) is 12.4. The minimum atomic E-state index is -3.46. The number of amides is 1. The number of carbonyl (C=O) groups excluding carboxylic acids is 1. The van der Waals surface area contributed by atoms with Crippen LogP contribution in [0.15, 0.2) is 24.3 Å². The second-order valence-corrected chi connectivity index (χ2v) is 8.98. The van der Waals surface area contributed by atoms with E-state index in [2.05, 4.69) is 4.90 Å². The average molecular weight is 381 g/mol. The van der Waals surface area contributed by atoms with E-state index in [4.69, 9.17) is 4.74 Å². The van der Waals surface area contributed by atoms with E-state index in [1.807, 2.05) is 31.2 Å². The molecule has 0 saturated carbocycles. The molecule has 3 rings (SSSR count). The summed E-state index contributed by atoms with van der Waals surface area (Å²) < 4.78 is 31.0. The van der Waals surface area contributed by atoms with E-state index in [1.165, 1.54) is 10.6 Å². The number of nitrogens with zero attached hydrogens (tertiary/aromatic N) is 3. The highest BCUT2D eigenvalue weighted by Crippen LogP contribution is 2.31. The summed E-state index contributed by atoms with van der Waals surface area (Å²) in [5.41, 5.74) is 2.03. The third kappa shape index (κ3) is 4.43. The molecule has 0 N–H and O–H groups in total. The van der Waals surface area contributed by atoms with E-state index >= 15 is 0 Å². The lowest BCUT2D eigenvalue weighted by atomic mass is 10.1. The molecule has 144 valence electrons. The summed E-state index contributed by atoms with van der Waals surface area (Å²) >= 11 is 0. The Hall–Kier alpha value is -1.48. The van der Waals surface area contributed by atoms with Crippen molar-refractivity contribution >= 4 is 21.6 Å². The maximum Gasteiger partial charge on any atom is 0.242 e. The molecule has 1 aromatic carbocycles. The van der Waals surface area contributed by atoms with Crippen molar-refractivity contribution in [1.29, 1.82) is 0 Å². The van der Waals surface area contributed by atoms with Gasteiger partial charge >= 0.3 is 0 Å². The van der Waals surface area contributed by atoms with Crippen LogP contribution in [0.5, 0.6) is 0 Å². The van der Waals surface area contributed by atoms with Gasteiger partial charge in [0.05, 0.1) is 26.0 Å². The first kappa shape index (κ1) is 19.3. The highest BCUT2D eigenvalue weighted by Gasteiger charge is 2.32. The lowest BCUT2D eigenvalue weighted by Crippen LogP contribution is -2.48. The Bertz CT molecular complexity index is 747. The number of benzene rings is 1. The molecule has 1 fully saturated rings. The zero-order chi connectivity index (χ0) is 18.7. The molecule has 0 radical (unpaired) electrons. The smallest absolute Gasteiger partial charge is 0.242 e. The zero-order valence-electron chi connectivity index (χ0n) is 15.4. The van der Waals surface area contributed by atoms with E-state index in [-0.39, 0.29) is 18.5 Å². The van der Waals surface area contributed by atoms with Gasteiger partial charge in [0.25, 0.3) is 0 Å². The molecule has 1 amide bonds. The maximum absolute atomic E-state index is 12.9. The van der Waals surface area contributed by atoms with Gasteiger partial charge in [-0.2, -0.15) is 4.31 Å². The number of para-hydroxylation sites is 1. The van der Waals surface area contributed by atoms with Crippen molar-refractivity contribution in [3.8, 4) is 0 Å². The molecule has 2 aliphatic rings. The zero-order valence-corrected chi connectivity index (χ0v) is 16.2. The monoisotopic (exact) mass is 381 g/mol. The number of hydrogen-bond acceptors (Lipinski definition) is 5. The van der Waals surface area contributed by atoms with E-state index in [9.17, 15) is 13.2 Å². The van der Waals surface area contributed by atoms with Gasteiger partial charge in [0.1, 0.15) is 0 Å². The molecule has 1 unspecified atom stereocenters. The van der Waals surface area contributed by atoms with Gasteiger partial charge in [-0.3, -0.25) is 9.69 Å². The van der Waals surface area contributed by atoms with Gasteiger partial charge in [0.2, 0.25) is 15.9 Å². The van der Waals surface area contributed by atoms with Crippen molar-refractivity contribution in [2.45, 2.75) is 19.4 Å². The highest BCUT2D eigenvalue weighted by molar-refractivity contribution is 7.88. The predicted molar refractivity (Wildman–Crippen MR) is 101 cm³/mol. The molecule has 1 saturated heterocycles. The van der Waals surface area contributed by atoms with Crippen LogP contribution in [0.25, 0.3) is 0 Å². The Morgan fingerprint density at radius 2 is 1.96 bits per heavy atom. The molecule has 0 aromatic heterocycles. The van der Waals surface area contributed by atoms with Gasteiger partial charge in [0.15, 0.2) is 0 Å². The molecule has 2 aliphatic heterocycles. The van der Waals surface area contributed by atoms with Gasteiger partial charge in [0, 0.05) is 37.9 Å². The number of morpholine rings is 1. The minimum absolute atomic E-state index is 0.0422. The van der Waals surface area contributed by atoms with E-state index < -0.39 is 10.0 Å². The van der Waals surface area contributed by atoms with Crippen molar-refractivity contribution in [3.05, 3.63) is 29.8 Å². The molecule has 0 aliphatic carbocycles. The third-order valence-corrected chi connectivity index (χ3v) is 6.28. The van der Waals surface area contributed by atoms with Crippen LogP contribution >= 0.6 is 0 Å². The number of fused-ring (bicyclic) bond motifs is 1. The maximum atomic E-state index is 12.9. The Kier molecular flexibility index (Phi) is 5.96. The fraction of sp³-hybridized carbons (Fsp3) is 0.611. The van der Waals surface area contributed by atoms with Crippen molar-refractivity contribution in [1.82, 2.24) is 9.21 Å². The molecule has 2 heterocycles. The summed E-state index contributed by atoms with van der Waals surface area (Å²) in [6.07, 6.45) is 1.97. The van der Waals surface area contributed by atoms with Crippen molar-refractivity contribution < 1.29 is 17.9 Å². The first-order valence-corrected chi connectivity index (χ1v) is 10.9. The summed E-state index contributed by atoms with van der Waals surface area (Å²) in [5.74, 6) is -0.171. The number of anilines is 1. The first-order valence-electron chi connectivity index (χ1n) is 9.01. The quantitative estimate of drug-likeness (QED) is 0.720. The molecular formula is C18H27N3O4S. The fourth-order valence-corrected chi connectivity index (χ4v) is 4.37. The molecule has 0 bridgehead atoms. The van der Waals surface area contributed by atoms with E-state index in [0.29, 0.717) is 26.3 Å². The summed E-state index contributed by atoms with van der Waals surface area (Å²) in [7, 11) is -3.46. The lowest BCUT2D eigenvalue weighted by Gasteiger charge is -2.30. The Labute approximate surface area is 155 Å². The van der Waals surface area contributed by atoms with E-state index in [0.717, 1.165) is 30.8 Å². The Morgan fingerprint density at radius 1 is 1.27 bits per heavy atom. The van der Waals surface area contributed by atoms with Gasteiger partial charge in [-0.1, -0.05) is 18.2 Å². The largest absolute Gasteiger partial charge is 0.379 e. The SMILES string of the molecule is CC1Cc2ccccc2N1C(=O)CN(CCN1CCOCC1)S(C)(=O)=O. The minimum Gasteiger partial charge on any atom is -0.379 e. The number of sulfonamides is 1. The van der Waals surface area contributed by atoms with Crippen molar-refractivity contribution in [3.63, 3.8) is 0 Å². The Morgan fingerprint density at radius 3 is 2.65 bits per heavy atom. The molecule has 1 aromatic rings.